The summed E-state index contributed by atoms with van der Waals surface area (Å²) in [6.07, 6.45) is -0.320. The van der Waals surface area contributed by atoms with Crippen LogP contribution in [0.3, 0.4) is 0 Å². The Morgan fingerprint density at radius 1 is 1.55 bits per heavy atom. The van der Waals surface area contributed by atoms with Gasteiger partial charge in [0, 0.05) is 19.1 Å². The van der Waals surface area contributed by atoms with Gasteiger partial charge >= 0.3 is 0 Å². The van der Waals surface area contributed by atoms with Gasteiger partial charge in [-0.25, -0.2) is 4.39 Å². The van der Waals surface area contributed by atoms with E-state index in [1.54, 1.807) is 6.07 Å². The molecule has 1 aromatic rings. The van der Waals surface area contributed by atoms with Crippen LogP contribution in [0.15, 0.2) is 18.2 Å². The lowest BCUT2D eigenvalue weighted by Gasteiger charge is -2.44. The summed E-state index contributed by atoms with van der Waals surface area (Å²) in [6, 6.07) is 4.71. The van der Waals surface area contributed by atoms with Gasteiger partial charge in [0.1, 0.15) is 5.82 Å². The number of morpholine rings is 1. The molecule has 4 nitrogen and oxygen atoms in total. The van der Waals surface area contributed by atoms with E-state index in [-0.39, 0.29) is 24.6 Å². The first-order valence-corrected chi connectivity index (χ1v) is 6.91. The van der Waals surface area contributed by atoms with E-state index in [4.69, 9.17) is 10.5 Å². The van der Waals surface area contributed by atoms with E-state index in [0.717, 1.165) is 5.56 Å². The van der Waals surface area contributed by atoms with Crippen molar-refractivity contribution in [2.45, 2.75) is 38.5 Å². The van der Waals surface area contributed by atoms with E-state index in [9.17, 15) is 9.50 Å². The van der Waals surface area contributed by atoms with Crippen LogP contribution < -0.4 is 10.6 Å². The van der Waals surface area contributed by atoms with Crippen LogP contribution in [-0.2, 0) is 4.74 Å². The molecule has 0 aromatic heterocycles. The van der Waals surface area contributed by atoms with Gasteiger partial charge in [0.15, 0.2) is 0 Å². The molecule has 5 heteroatoms. The second-order valence-electron chi connectivity index (χ2n) is 6.03. The van der Waals surface area contributed by atoms with E-state index >= 15 is 0 Å². The lowest BCUT2D eigenvalue weighted by Crippen LogP contribution is -2.54. The molecule has 0 amide bonds. The molecule has 0 aliphatic carbocycles. The largest absolute Gasteiger partial charge is 0.394 e. The van der Waals surface area contributed by atoms with Gasteiger partial charge in [0.05, 0.1) is 24.0 Å². The molecule has 0 spiro atoms. The third kappa shape index (κ3) is 3.11. The highest BCUT2D eigenvalue weighted by molar-refractivity contribution is 5.56. The normalized spacial score (nSPS) is 23.7. The molecule has 1 saturated heterocycles. The Bertz CT molecular complexity index is 477. The molecule has 1 heterocycles. The summed E-state index contributed by atoms with van der Waals surface area (Å²) in [6.45, 7) is 6.66. The number of aliphatic hydroxyl groups is 1. The highest BCUT2D eigenvalue weighted by Gasteiger charge is 2.35. The molecule has 2 atom stereocenters. The molecule has 1 unspecified atom stereocenters. The van der Waals surface area contributed by atoms with Crippen molar-refractivity contribution in [1.29, 1.82) is 0 Å². The Kier molecular flexibility index (Phi) is 4.32. The monoisotopic (exact) mass is 282 g/mol. The molecular formula is C15H23FN2O2. The lowest BCUT2D eigenvalue weighted by atomic mass is 10.0. The highest BCUT2D eigenvalue weighted by Crippen LogP contribution is 2.33. The minimum Gasteiger partial charge on any atom is -0.394 e. The first-order valence-electron chi connectivity index (χ1n) is 6.91. The van der Waals surface area contributed by atoms with Crippen molar-refractivity contribution in [3.05, 3.63) is 29.6 Å². The SMILES string of the molecule is C[C@@H](N)c1cccc(F)c1N1CC(CO)OC(C)(C)C1. The minimum atomic E-state index is -0.441. The third-order valence-electron chi connectivity index (χ3n) is 3.51. The number of anilines is 1. The molecule has 1 fully saturated rings. The molecule has 2 rings (SSSR count). The number of benzene rings is 1. The molecule has 1 aliphatic heterocycles. The zero-order valence-electron chi connectivity index (χ0n) is 12.3. The van der Waals surface area contributed by atoms with Crippen molar-refractivity contribution in [2.24, 2.45) is 5.73 Å². The number of halogens is 1. The van der Waals surface area contributed by atoms with Gasteiger partial charge in [-0.3, -0.25) is 0 Å². The van der Waals surface area contributed by atoms with Crippen LogP contribution in [0.5, 0.6) is 0 Å². The predicted octanol–water partition coefficient (Wildman–Crippen LogP) is 1.82. The Hall–Kier alpha value is -1.17. The predicted molar refractivity (Wildman–Crippen MR) is 77.3 cm³/mol. The summed E-state index contributed by atoms with van der Waals surface area (Å²) in [7, 11) is 0. The number of aliphatic hydroxyl groups excluding tert-OH is 1. The summed E-state index contributed by atoms with van der Waals surface area (Å²) in [4.78, 5) is 1.93. The minimum absolute atomic E-state index is 0.0815. The fourth-order valence-electron chi connectivity index (χ4n) is 2.79. The molecule has 0 bridgehead atoms. The van der Waals surface area contributed by atoms with Gasteiger partial charge < -0.3 is 20.5 Å². The van der Waals surface area contributed by atoms with Crippen LogP contribution in [0.2, 0.25) is 0 Å². The molecular weight excluding hydrogens is 259 g/mol. The molecule has 3 N–H and O–H groups in total. The van der Waals surface area contributed by atoms with Crippen LogP contribution in [0.25, 0.3) is 0 Å². The molecule has 0 saturated carbocycles. The third-order valence-corrected chi connectivity index (χ3v) is 3.51. The maximum Gasteiger partial charge on any atom is 0.146 e. The second kappa shape index (κ2) is 5.68. The lowest BCUT2D eigenvalue weighted by molar-refractivity contribution is -0.101. The quantitative estimate of drug-likeness (QED) is 0.888. The number of nitrogens with zero attached hydrogens (tertiary/aromatic N) is 1. The number of nitrogens with two attached hydrogens (primary N) is 1. The van der Waals surface area contributed by atoms with Crippen molar-refractivity contribution >= 4 is 5.69 Å². The fourth-order valence-corrected chi connectivity index (χ4v) is 2.79. The van der Waals surface area contributed by atoms with Crippen LogP contribution in [0, 0.1) is 5.82 Å². The van der Waals surface area contributed by atoms with Crippen molar-refractivity contribution in [1.82, 2.24) is 0 Å². The van der Waals surface area contributed by atoms with Gasteiger partial charge in [0.25, 0.3) is 0 Å². The molecule has 0 radical (unpaired) electrons. The van der Waals surface area contributed by atoms with E-state index in [1.807, 2.05) is 31.7 Å². The Morgan fingerprint density at radius 2 is 2.25 bits per heavy atom. The Labute approximate surface area is 119 Å². The van der Waals surface area contributed by atoms with Crippen LogP contribution in [0.4, 0.5) is 10.1 Å². The summed E-state index contributed by atoms with van der Waals surface area (Å²) < 4.78 is 20.0. The van der Waals surface area contributed by atoms with E-state index in [2.05, 4.69) is 0 Å². The number of ether oxygens (including phenoxy) is 1. The van der Waals surface area contributed by atoms with Gasteiger partial charge in [-0.05, 0) is 32.4 Å². The first kappa shape index (κ1) is 15.2. The van der Waals surface area contributed by atoms with Crippen molar-refractivity contribution < 1.29 is 14.2 Å². The molecule has 112 valence electrons. The summed E-state index contributed by atoms with van der Waals surface area (Å²) in [5.74, 6) is -0.283. The first-order chi connectivity index (χ1) is 9.34. The van der Waals surface area contributed by atoms with Crippen LogP contribution >= 0.6 is 0 Å². The van der Waals surface area contributed by atoms with E-state index in [0.29, 0.717) is 18.8 Å². The molecule has 1 aliphatic rings. The molecule has 1 aromatic carbocycles. The standard InChI is InChI=1S/C15H23FN2O2/c1-10(17)12-5-4-6-13(16)14(12)18-7-11(8-19)20-15(2,3)9-18/h4-6,10-11,19H,7-9,17H2,1-3H3/t10-,11?/m1/s1. The number of hydrogen-bond donors (Lipinski definition) is 2. The average molecular weight is 282 g/mol. The van der Waals surface area contributed by atoms with Crippen molar-refractivity contribution in [3.8, 4) is 0 Å². The average Bonchev–Trinajstić information content (AvgIpc) is 2.36. The number of para-hydroxylation sites is 1. The van der Waals surface area contributed by atoms with Gasteiger partial charge in [-0.15, -0.1) is 0 Å². The summed E-state index contributed by atoms with van der Waals surface area (Å²) in [5.41, 5.74) is 6.81. The maximum absolute atomic E-state index is 14.3. The maximum atomic E-state index is 14.3. The Morgan fingerprint density at radius 3 is 2.85 bits per heavy atom. The highest BCUT2D eigenvalue weighted by atomic mass is 19.1. The fraction of sp³-hybridized carbons (Fsp3) is 0.600. The number of hydrogen-bond acceptors (Lipinski definition) is 4. The van der Waals surface area contributed by atoms with Gasteiger partial charge in [-0.2, -0.15) is 0 Å². The van der Waals surface area contributed by atoms with Gasteiger partial charge in [0.2, 0.25) is 0 Å². The van der Waals surface area contributed by atoms with Gasteiger partial charge in [-0.1, -0.05) is 12.1 Å². The second-order valence-corrected chi connectivity index (χ2v) is 6.03. The van der Waals surface area contributed by atoms with Crippen LogP contribution in [-0.4, -0.2) is 36.5 Å². The number of rotatable bonds is 3. The Balaban J connectivity index is 2.40. The summed E-state index contributed by atoms with van der Waals surface area (Å²) >= 11 is 0. The van der Waals surface area contributed by atoms with E-state index in [1.165, 1.54) is 6.07 Å². The van der Waals surface area contributed by atoms with Crippen LogP contribution in [0.1, 0.15) is 32.4 Å². The topological polar surface area (TPSA) is 58.7 Å². The smallest absolute Gasteiger partial charge is 0.146 e. The zero-order valence-corrected chi connectivity index (χ0v) is 12.3. The molecule has 20 heavy (non-hydrogen) atoms. The van der Waals surface area contributed by atoms with E-state index < -0.39 is 5.60 Å². The van der Waals surface area contributed by atoms with Crippen molar-refractivity contribution in [3.63, 3.8) is 0 Å². The zero-order chi connectivity index (χ0) is 14.9. The summed E-state index contributed by atoms with van der Waals surface area (Å²) in [5, 5.41) is 9.37. The van der Waals surface area contributed by atoms with Crippen molar-refractivity contribution in [2.75, 3.05) is 24.6 Å².